The Morgan fingerprint density at radius 2 is 2.38 bits per heavy atom. The monoisotopic (exact) mass is 194 g/mol. The van der Waals surface area contributed by atoms with E-state index < -0.39 is 0 Å². The Bertz CT molecular complexity index is 298. The van der Waals surface area contributed by atoms with Crippen LogP contribution in [0.3, 0.4) is 0 Å². The zero-order valence-corrected chi connectivity index (χ0v) is 8.82. The second kappa shape index (κ2) is 5.00. The SMILES string of the molecule is CCC(C#N)NCc1cscc1C. The van der Waals surface area contributed by atoms with E-state index in [0.29, 0.717) is 0 Å². The highest BCUT2D eigenvalue weighted by Gasteiger charge is 2.04. The number of nitriles is 1. The Morgan fingerprint density at radius 1 is 1.62 bits per heavy atom. The van der Waals surface area contributed by atoms with Crippen molar-refractivity contribution in [1.82, 2.24) is 5.32 Å². The van der Waals surface area contributed by atoms with E-state index in [1.54, 1.807) is 11.3 Å². The first-order valence-corrected chi connectivity index (χ1v) is 5.36. The summed E-state index contributed by atoms with van der Waals surface area (Å²) in [6.07, 6.45) is 0.861. The summed E-state index contributed by atoms with van der Waals surface area (Å²) in [6.45, 7) is 4.92. The molecule has 0 bridgehead atoms. The first-order chi connectivity index (χ1) is 6.27. The lowest BCUT2D eigenvalue weighted by atomic mass is 10.2. The van der Waals surface area contributed by atoms with E-state index in [1.807, 2.05) is 6.92 Å². The molecule has 0 saturated heterocycles. The largest absolute Gasteiger partial charge is 0.298 e. The van der Waals surface area contributed by atoms with Crippen LogP contribution in [0.4, 0.5) is 0 Å². The number of thiophene rings is 1. The lowest BCUT2D eigenvalue weighted by Crippen LogP contribution is -2.26. The van der Waals surface area contributed by atoms with E-state index >= 15 is 0 Å². The predicted molar refractivity (Wildman–Crippen MR) is 55.6 cm³/mol. The van der Waals surface area contributed by atoms with Crippen LogP contribution in [0, 0.1) is 18.3 Å². The van der Waals surface area contributed by atoms with Gasteiger partial charge in [0.2, 0.25) is 0 Å². The molecular formula is C10H14N2S. The van der Waals surface area contributed by atoms with Gasteiger partial charge >= 0.3 is 0 Å². The average Bonchev–Trinajstić information content (AvgIpc) is 2.54. The molecule has 0 aromatic carbocycles. The molecule has 0 amide bonds. The Kier molecular flexibility index (Phi) is 3.94. The van der Waals surface area contributed by atoms with Gasteiger partial charge in [-0.2, -0.15) is 16.6 Å². The van der Waals surface area contributed by atoms with Crippen LogP contribution < -0.4 is 5.32 Å². The van der Waals surface area contributed by atoms with Gasteiger partial charge in [-0.05, 0) is 35.2 Å². The minimum Gasteiger partial charge on any atom is -0.298 e. The minimum atomic E-state index is -0.0145. The Labute approximate surface area is 83.2 Å². The molecule has 0 saturated carbocycles. The van der Waals surface area contributed by atoms with E-state index in [-0.39, 0.29) is 6.04 Å². The van der Waals surface area contributed by atoms with E-state index in [1.165, 1.54) is 11.1 Å². The maximum Gasteiger partial charge on any atom is 0.0952 e. The summed E-state index contributed by atoms with van der Waals surface area (Å²) in [5.41, 5.74) is 2.61. The summed E-state index contributed by atoms with van der Waals surface area (Å²) in [5.74, 6) is 0. The van der Waals surface area contributed by atoms with Gasteiger partial charge < -0.3 is 0 Å². The maximum absolute atomic E-state index is 8.71. The van der Waals surface area contributed by atoms with Crippen LogP contribution in [0.5, 0.6) is 0 Å². The maximum atomic E-state index is 8.71. The number of rotatable bonds is 4. The first kappa shape index (κ1) is 10.2. The third-order valence-electron chi connectivity index (χ3n) is 2.06. The van der Waals surface area contributed by atoms with Gasteiger partial charge in [0.05, 0.1) is 12.1 Å². The van der Waals surface area contributed by atoms with E-state index in [0.717, 1.165) is 13.0 Å². The lowest BCUT2D eigenvalue weighted by molar-refractivity contribution is 0.587. The molecule has 1 N–H and O–H groups in total. The second-order valence-electron chi connectivity index (χ2n) is 3.05. The van der Waals surface area contributed by atoms with Crippen molar-refractivity contribution in [1.29, 1.82) is 5.26 Å². The summed E-state index contributed by atoms with van der Waals surface area (Å²) in [7, 11) is 0. The molecule has 0 aliphatic heterocycles. The molecule has 1 rings (SSSR count). The molecule has 0 aliphatic rings. The third kappa shape index (κ3) is 2.83. The molecule has 0 aliphatic carbocycles. The standard InChI is InChI=1S/C10H14N2S/c1-3-10(4-11)12-5-9-7-13-6-8(9)2/h6-7,10,12H,3,5H2,1-2H3. The summed E-state index contributed by atoms with van der Waals surface area (Å²) < 4.78 is 0. The molecular weight excluding hydrogens is 180 g/mol. The Hall–Kier alpha value is -0.850. The molecule has 70 valence electrons. The van der Waals surface area contributed by atoms with Crippen LogP contribution in [0.2, 0.25) is 0 Å². The van der Waals surface area contributed by atoms with Gasteiger partial charge in [0.25, 0.3) is 0 Å². The zero-order valence-electron chi connectivity index (χ0n) is 8.00. The van der Waals surface area contributed by atoms with Crippen molar-refractivity contribution in [2.45, 2.75) is 32.9 Å². The highest BCUT2D eigenvalue weighted by molar-refractivity contribution is 7.08. The molecule has 0 spiro atoms. The van der Waals surface area contributed by atoms with E-state index in [2.05, 4.69) is 29.1 Å². The van der Waals surface area contributed by atoms with Crippen LogP contribution in [0.15, 0.2) is 10.8 Å². The average molecular weight is 194 g/mol. The molecule has 1 aromatic heterocycles. The molecule has 2 nitrogen and oxygen atoms in total. The molecule has 0 radical (unpaired) electrons. The molecule has 3 heteroatoms. The highest BCUT2D eigenvalue weighted by atomic mass is 32.1. The summed E-state index contributed by atoms with van der Waals surface area (Å²) >= 11 is 1.71. The molecule has 1 heterocycles. The van der Waals surface area contributed by atoms with Gasteiger partial charge in [0, 0.05) is 6.54 Å². The van der Waals surface area contributed by atoms with Crippen molar-refractivity contribution in [2.24, 2.45) is 0 Å². The van der Waals surface area contributed by atoms with Crippen molar-refractivity contribution < 1.29 is 0 Å². The molecule has 1 unspecified atom stereocenters. The number of hydrogen-bond acceptors (Lipinski definition) is 3. The van der Waals surface area contributed by atoms with Crippen molar-refractivity contribution in [3.05, 3.63) is 21.9 Å². The van der Waals surface area contributed by atoms with Crippen molar-refractivity contribution >= 4 is 11.3 Å². The predicted octanol–water partition coefficient (Wildman–Crippen LogP) is 2.45. The zero-order chi connectivity index (χ0) is 9.68. The Morgan fingerprint density at radius 3 is 2.85 bits per heavy atom. The second-order valence-corrected chi connectivity index (χ2v) is 3.79. The number of hydrogen-bond donors (Lipinski definition) is 1. The number of aryl methyl sites for hydroxylation is 1. The van der Waals surface area contributed by atoms with Gasteiger partial charge in [-0.25, -0.2) is 0 Å². The molecule has 0 fully saturated rings. The van der Waals surface area contributed by atoms with Gasteiger partial charge in [0.1, 0.15) is 0 Å². The van der Waals surface area contributed by atoms with Crippen molar-refractivity contribution in [3.63, 3.8) is 0 Å². The number of nitrogens with zero attached hydrogens (tertiary/aromatic N) is 1. The fourth-order valence-corrected chi connectivity index (χ4v) is 1.94. The van der Waals surface area contributed by atoms with Gasteiger partial charge in [-0.15, -0.1) is 0 Å². The summed E-state index contributed by atoms with van der Waals surface area (Å²) in [5, 5.41) is 16.2. The highest BCUT2D eigenvalue weighted by Crippen LogP contribution is 2.13. The molecule has 1 aromatic rings. The van der Waals surface area contributed by atoms with Crippen LogP contribution >= 0.6 is 11.3 Å². The van der Waals surface area contributed by atoms with Crippen LogP contribution in [-0.2, 0) is 6.54 Å². The molecule has 1 atom stereocenters. The quantitative estimate of drug-likeness (QED) is 0.799. The van der Waals surface area contributed by atoms with Gasteiger partial charge in [-0.1, -0.05) is 6.92 Å². The van der Waals surface area contributed by atoms with E-state index in [4.69, 9.17) is 5.26 Å². The minimum absolute atomic E-state index is 0.0145. The van der Waals surface area contributed by atoms with Crippen LogP contribution in [-0.4, -0.2) is 6.04 Å². The lowest BCUT2D eigenvalue weighted by Gasteiger charge is -2.07. The smallest absolute Gasteiger partial charge is 0.0952 e. The summed E-state index contributed by atoms with van der Waals surface area (Å²) in [6, 6.07) is 2.21. The fourth-order valence-electron chi connectivity index (χ4n) is 1.08. The fraction of sp³-hybridized carbons (Fsp3) is 0.500. The normalized spacial score (nSPS) is 12.4. The van der Waals surface area contributed by atoms with Crippen LogP contribution in [0.1, 0.15) is 24.5 Å². The van der Waals surface area contributed by atoms with Crippen molar-refractivity contribution in [2.75, 3.05) is 0 Å². The van der Waals surface area contributed by atoms with Gasteiger partial charge in [0.15, 0.2) is 0 Å². The van der Waals surface area contributed by atoms with E-state index in [9.17, 15) is 0 Å². The Balaban J connectivity index is 2.44. The summed E-state index contributed by atoms with van der Waals surface area (Å²) in [4.78, 5) is 0. The van der Waals surface area contributed by atoms with Crippen LogP contribution in [0.25, 0.3) is 0 Å². The van der Waals surface area contributed by atoms with Crippen molar-refractivity contribution in [3.8, 4) is 6.07 Å². The molecule has 13 heavy (non-hydrogen) atoms. The first-order valence-electron chi connectivity index (χ1n) is 4.42. The third-order valence-corrected chi connectivity index (χ3v) is 2.97. The van der Waals surface area contributed by atoms with Gasteiger partial charge in [-0.3, -0.25) is 5.32 Å². The topological polar surface area (TPSA) is 35.8 Å². The number of nitrogens with one attached hydrogen (secondary N) is 1.